The van der Waals surface area contributed by atoms with Gasteiger partial charge in [-0.15, -0.1) is 0 Å². The molecule has 0 radical (unpaired) electrons. The van der Waals surface area contributed by atoms with E-state index in [0.717, 1.165) is 19.1 Å². The predicted molar refractivity (Wildman–Crippen MR) is 77.2 cm³/mol. The van der Waals surface area contributed by atoms with Gasteiger partial charge in [-0.2, -0.15) is 0 Å². The second-order valence-corrected chi connectivity index (χ2v) is 6.49. The summed E-state index contributed by atoms with van der Waals surface area (Å²) in [5.74, 6) is 1.02. The predicted octanol–water partition coefficient (Wildman–Crippen LogP) is 1.50. The van der Waals surface area contributed by atoms with Crippen molar-refractivity contribution in [2.24, 2.45) is 0 Å². The molecule has 1 heterocycles. The van der Waals surface area contributed by atoms with Crippen molar-refractivity contribution >= 4 is 16.3 Å². The summed E-state index contributed by atoms with van der Waals surface area (Å²) in [5.41, 5.74) is 0. The van der Waals surface area contributed by atoms with Crippen molar-refractivity contribution in [3.63, 3.8) is 0 Å². The van der Waals surface area contributed by atoms with E-state index in [1.54, 1.807) is 6.07 Å². The molecule has 0 bridgehead atoms. The Morgan fingerprint density at radius 1 is 1.10 bits per heavy atom. The van der Waals surface area contributed by atoms with Crippen molar-refractivity contribution in [1.29, 1.82) is 0 Å². The summed E-state index contributed by atoms with van der Waals surface area (Å²) < 4.78 is 37.6. The zero-order valence-electron chi connectivity index (χ0n) is 11.7. The fourth-order valence-electron chi connectivity index (χ4n) is 2.01. The average Bonchev–Trinajstić information content (AvgIpc) is 2.50. The standard InChI is InChI=1S/C14H19NO5S/c16-8-4-2-1-3-7-15-21(17,18)12-5-6-13-14(11-12)20-10-9-19-13/h5-6,8,11,15H,1-4,7,9-10H2. The second kappa shape index (κ2) is 7.42. The molecule has 1 N–H and O–H groups in total. The first-order valence-electron chi connectivity index (χ1n) is 6.96. The van der Waals surface area contributed by atoms with Crippen LogP contribution in [0, 0.1) is 0 Å². The van der Waals surface area contributed by atoms with Gasteiger partial charge < -0.3 is 14.3 Å². The monoisotopic (exact) mass is 313 g/mol. The largest absolute Gasteiger partial charge is 0.486 e. The Morgan fingerprint density at radius 2 is 1.86 bits per heavy atom. The van der Waals surface area contributed by atoms with Gasteiger partial charge in [0.2, 0.25) is 10.0 Å². The summed E-state index contributed by atoms with van der Waals surface area (Å²) in [4.78, 5) is 10.3. The smallest absolute Gasteiger partial charge is 0.240 e. The normalized spacial score (nSPS) is 13.9. The number of sulfonamides is 1. The minimum absolute atomic E-state index is 0.166. The highest BCUT2D eigenvalue weighted by Crippen LogP contribution is 2.32. The van der Waals surface area contributed by atoms with E-state index in [1.807, 2.05) is 0 Å². The number of carbonyl (C=O) groups excluding carboxylic acids is 1. The summed E-state index contributed by atoms with van der Waals surface area (Å²) in [7, 11) is -3.54. The van der Waals surface area contributed by atoms with Crippen LogP contribution in [0.2, 0.25) is 0 Å². The molecule has 1 aliphatic rings. The summed E-state index contributed by atoms with van der Waals surface area (Å²) in [6.45, 7) is 1.24. The maximum Gasteiger partial charge on any atom is 0.240 e. The summed E-state index contributed by atoms with van der Waals surface area (Å²) in [5, 5.41) is 0. The lowest BCUT2D eigenvalue weighted by Crippen LogP contribution is -2.25. The average molecular weight is 313 g/mol. The molecule has 2 rings (SSSR count). The maximum absolute atomic E-state index is 12.1. The second-order valence-electron chi connectivity index (χ2n) is 4.72. The van der Waals surface area contributed by atoms with E-state index in [0.29, 0.717) is 44.1 Å². The molecule has 6 nitrogen and oxygen atoms in total. The Labute approximate surface area is 124 Å². The minimum Gasteiger partial charge on any atom is -0.486 e. The zero-order valence-corrected chi connectivity index (χ0v) is 12.5. The minimum atomic E-state index is -3.54. The van der Waals surface area contributed by atoms with Crippen LogP contribution in [-0.4, -0.2) is 34.5 Å². The van der Waals surface area contributed by atoms with Crippen LogP contribution in [-0.2, 0) is 14.8 Å². The highest BCUT2D eigenvalue weighted by Gasteiger charge is 2.18. The number of unbranched alkanes of at least 4 members (excludes halogenated alkanes) is 3. The topological polar surface area (TPSA) is 81.7 Å². The van der Waals surface area contributed by atoms with Crippen LogP contribution in [0.3, 0.4) is 0 Å². The highest BCUT2D eigenvalue weighted by molar-refractivity contribution is 7.89. The molecule has 0 saturated heterocycles. The summed E-state index contributed by atoms with van der Waals surface area (Å²) in [6, 6.07) is 4.58. The fraction of sp³-hybridized carbons (Fsp3) is 0.500. The van der Waals surface area contributed by atoms with Gasteiger partial charge in [0.1, 0.15) is 19.5 Å². The molecular formula is C14H19NO5S. The number of carbonyl (C=O) groups is 1. The Balaban J connectivity index is 1.91. The van der Waals surface area contributed by atoms with Gasteiger partial charge in [-0.25, -0.2) is 13.1 Å². The van der Waals surface area contributed by atoms with Crippen molar-refractivity contribution in [2.75, 3.05) is 19.8 Å². The molecule has 0 aromatic heterocycles. The first-order chi connectivity index (χ1) is 10.1. The van der Waals surface area contributed by atoms with Crippen molar-refractivity contribution < 1.29 is 22.7 Å². The number of nitrogens with one attached hydrogen (secondary N) is 1. The summed E-state index contributed by atoms with van der Waals surface area (Å²) in [6.07, 6.45) is 3.71. The zero-order chi connectivity index (χ0) is 15.1. The number of benzene rings is 1. The molecule has 7 heteroatoms. The molecule has 0 amide bonds. The molecule has 0 atom stereocenters. The third-order valence-electron chi connectivity index (χ3n) is 3.11. The van der Waals surface area contributed by atoms with Crippen LogP contribution in [0.25, 0.3) is 0 Å². The molecular weight excluding hydrogens is 294 g/mol. The molecule has 1 aromatic carbocycles. The van der Waals surface area contributed by atoms with Gasteiger partial charge in [-0.05, 0) is 25.0 Å². The lowest BCUT2D eigenvalue weighted by molar-refractivity contribution is -0.107. The van der Waals surface area contributed by atoms with Crippen LogP contribution in [0.1, 0.15) is 25.7 Å². The van der Waals surface area contributed by atoms with Crippen molar-refractivity contribution in [1.82, 2.24) is 4.72 Å². The van der Waals surface area contributed by atoms with Crippen LogP contribution < -0.4 is 14.2 Å². The lowest BCUT2D eigenvalue weighted by Gasteiger charge is -2.18. The Kier molecular flexibility index (Phi) is 5.58. The lowest BCUT2D eigenvalue weighted by atomic mass is 10.2. The van der Waals surface area contributed by atoms with E-state index < -0.39 is 10.0 Å². The molecule has 1 aliphatic heterocycles. The third kappa shape index (κ3) is 4.44. The van der Waals surface area contributed by atoms with E-state index in [1.165, 1.54) is 12.1 Å². The Bertz CT molecular complexity index is 585. The van der Waals surface area contributed by atoms with Gasteiger partial charge in [0.15, 0.2) is 11.5 Å². The molecule has 116 valence electrons. The van der Waals surface area contributed by atoms with E-state index in [2.05, 4.69) is 4.72 Å². The fourth-order valence-corrected chi connectivity index (χ4v) is 3.10. The Hall–Kier alpha value is -1.60. The van der Waals surface area contributed by atoms with Crippen molar-refractivity contribution in [3.05, 3.63) is 18.2 Å². The molecule has 0 saturated carbocycles. The van der Waals surface area contributed by atoms with Crippen LogP contribution >= 0.6 is 0 Å². The Morgan fingerprint density at radius 3 is 2.62 bits per heavy atom. The number of fused-ring (bicyclic) bond motifs is 1. The van der Waals surface area contributed by atoms with Gasteiger partial charge in [0.05, 0.1) is 4.90 Å². The van der Waals surface area contributed by atoms with Gasteiger partial charge >= 0.3 is 0 Å². The first-order valence-corrected chi connectivity index (χ1v) is 8.45. The van der Waals surface area contributed by atoms with Gasteiger partial charge in [-0.1, -0.05) is 6.42 Å². The molecule has 1 aromatic rings. The SMILES string of the molecule is O=CCCCCCNS(=O)(=O)c1ccc2c(c1)OCCO2. The number of hydrogen-bond donors (Lipinski definition) is 1. The van der Waals surface area contributed by atoms with Gasteiger partial charge in [-0.3, -0.25) is 0 Å². The molecule has 0 unspecified atom stereocenters. The number of hydrogen-bond acceptors (Lipinski definition) is 5. The van der Waals surface area contributed by atoms with Crippen LogP contribution in [0.15, 0.2) is 23.1 Å². The molecule has 0 aliphatic carbocycles. The molecule has 21 heavy (non-hydrogen) atoms. The number of aldehydes is 1. The molecule has 0 spiro atoms. The quantitative estimate of drug-likeness (QED) is 0.581. The maximum atomic E-state index is 12.1. The molecule has 0 fully saturated rings. The van der Waals surface area contributed by atoms with E-state index in [4.69, 9.17) is 9.47 Å². The summed E-state index contributed by atoms with van der Waals surface area (Å²) >= 11 is 0. The van der Waals surface area contributed by atoms with Crippen molar-refractivity contribution in [2.45, 2.75) is 30.6 Å². The van der Waals surface area contributed by atoms with Crippen molar-refractivity contribution in [3.8, 4) is 11.5 Å². The van der Waals surface area contributed by atoms with E-state index >= 15 is 0 Å². The van der Waals surface area contributed by atoms with E-state index in [-0.39, 0.29) is 4.90 Å². The van der Waals surface area contributed by atoms with Gasteiger partial charge in [0.25, 0.3) is 0 Å². The van der Waals surface area contributed by atoms with Gasteiger partial charge in [0, 0.05) is 19.0 Å². The number of ether oxygens (including phenoxy) is 2. The first kappa shape index (κ1) is 15.8. The third-order valence-corrected chi connectivity index (χ3v) is 4.57. The number of rotatable bonds is 8. The highest BCUT2D eigenvalue weighted by atomic mass is 32.2. The van der Waals surface area contributed by atoms with Crippen LogP contribution in [0.5, 0.6) is 11.5 Å². The van der Waals surface area contributed by atoms with E-state index in [9.17, 15) is 13.2 Å². The van der Waals surface area contributed by atoms with Crippen LogP contribution in [0.4, 0.5) is 0 Å².